The van der Waals surface area contributed by atoms with Crippen molar-refractivity contribution in [3.8, 4) is 11.5 Å². The van der Waals surface area contributed by atoms with Gasteiger partial charge in [-0.3, -0.25) is 0 Å². The minimum absolute atomic E-state index is 0.0281. The summed E-state index contributed by atoms with van der Waals surface area (Å²) in [5.41, 5.74) is 0.397. The van der Waals surface area contributed by atoms with Crippen molar-refractivity contribution in [3.05, 3.63) is 29.6 Å². The van der Waals surface area contributed by atoms with Crippen LogP contribution in [0.4, 0.5) is 0 Å². The Morgan fingerprint density at radius 2 is 2.24 bits per heavy atom. The predicted molar refractivity (Wildman–Crippen MR) is 69.8 cm³/mol. The molecular weight excluding hydrogens is 276 g/mol. The van der Waals surface area contributed by atoms with Crippen LogP contribution in [0.3, 0.4) is 0 Å². The van der Waals surface area contributed by atoms with Crippen LogP contribution in [-0.2, 0) is 17.9 Å². The molecule has 1 aliphatic rings. The molecule has 0 saturated carbocycles. The van der Waals surface area contributed by atoms with Gasteiger partial charge in [0.15, 0.2) is 23.9 Å². The van der Waals surface area contributed by atoms with Gasteiger partial charge in [0, 0.05) is 6.54 Å². The van der Waals surface area contributed by atoms with Crippen LogP contribution in [0.2, 0.25) is 0 Å². The van der Waals surface area contributed by atoms with E-state index >= 15 is 0 Å². The molecule has 1 aromatic carbocycles. The summed E-state index contributed by atoms with van der Waals surface area (Å²) in [6.07, 6.45) is 0.897. The Labute approximate surface area is 120 Å². The Morgan fingerprint density at radius 3 is 3.10 bits per heavy atom. The highest BCUT2D eigenvalue weighted by Crippen LogP contribution is 2.32. The fourth-order valence-electron chi connectivity index (χ4n) is 1.95. The summed E-state index contributed by atoms with van der Waals surface area (Å²) >= 11 is 0. The van der Waals surface area contributed by atoms with Gasteiger partial charge in [0.05, 0.1) is 5.56 Å². The molecule has 0 radical (unpaired) electrons. The molecule has 0 fully saturated rings. The van der Waals surface area contributed by atoms with Crippen molar-refractivity contribution in [2.24, 2.45) is 0 Å². The topological polar surface area (TPSA) is 88.4 Å². The molecule has 0 atom stereocenters. The third kappa shape index (κ3) is 2.78. The van der Waals surface area contributed by atoms with E-state index in [1.165, 1.54) is 0 Å². The van der Waals surface area contributed by atoms with Crippen LogP contribution in [0.25, 0.3) is 0 Å². The van der Waals surface area contributed by atoms with Gasteiger partial charge in [-0.25, -0.2) is 9.48 Å². The van der Waals surface area contributed by atoms with Gasteiger partial charge >= 0.3 is 5.97 Å². The molecule has 8 nitrogen and oxygen atoms in total. The molecule has 2 heterocycles. The number of carbonyl (C=O) groups excluding carboxylic acids is 1. The summed E-state index contributed by atoms with van der Waals surface area (Å²) in [4.78, 5) is 12.0. The molecular formula is C13H14N4O4. The molecule has 0 aliphatic carbocycles. The number of benzene rings is 1. The standard InChI is InChI=1S/C13H14N4O4/c1-2-5-17-12(14-15-16-17)7-19-13(18)9-3-4-10-11(6-9)21-8-20-10/h3-4,6H,2,5,7-8H2,1H3. The second-order valence-corrected chi connectivity index (χ2v) is 4.46. The lowest BCUT2D eigenvalue weighted by molar-refractivity contribution is 0.0456. The Kier molecular flexibility index (Phi) is 3.67. The highest BCUT2D eigenvalue weighted by molar-refractivity contribution is 5.90. The van der Waals surface area contributed by atoms with Crippen LogP contribution < -0.4 is 9.47 Å². The number of aromatic nitrogens is 4. The van der Waals surface area contributed by atoms with Crippen LogP contribution in [0.15, 0.2) is 18.2 Å². The first-order valence-electron chi connectivity index (χ1n) is 6.59. The molecule has 1 aliphatic heterocycles. The lowest BCUT2D eigenvalue weighted by Gasteiger charge is -2.05. The van der Waals surface area contributed by atoms with Crippen molar-refractivity contribution in [3.63, 3.8) is 0 Å². The van der Waals surface area contributed by atoms with Crippen molar-refractivity contribution in [1.82, 2.24) is 20.2 Å². The smallest absolute Gasteiger partial charge is 0.338 e. The third-order valence-corrected chi connectivity index (χ3v) is 2.98. The van der Waals surface area contributed by atoms with Gasteiger partial charge in [0.1, 0.15) is 0 Å². The fourth-order valence-corrected chi connectivity index (χ4v) is 1.95. The summed E-state index contributed by atoms with van der Waals surface area (Å²) in [5.74, 6) is 1.23. The highest BCUT2D eigenvalue weighted by Gasteiger charge is 2.17. The van der Waals surface area contributed by atoms with Crippen molar-refractivity contribution in [1.29, 1.82) is 0 Å². The van der Waals surface area contributed by atoms with E-state index in [9.17, 15) is 4.79 Å². The largest absolute Gasteiger partial charge is 0.454 e. The number of nitrogens with zero attached hydrogens (tertiary/aromatic N) is 4. The number of hydrogen-bond donors (Lipinski definition) is 0. The van der Waals surface area contributed by atoms with Gasteiger partial charge in [-0.1, -0.05) is 6.92 Å². The van der Waals surface area contributed by atoms with E-state index in [2.05, 4.69) is 15.5 Å². The zero-order valence-corrected chi connectivity index (χ0v) is 11.5. The Balaban J connectivity index is 1.65. The summed E-state index contributed by atoms with van der Waals surface area (Å²) in [6, 6.07) is 4.91. The van der Waals surface area contributed by atoms with Gasteiger partial charge in [0.25, 0.3) is 0 Å². The minimum Gasteiger partial charge on any atom is -0.454 e. The van der Waals surface area contributed by atoms with Crippen LogP contribution >= 0.6 is 0 Å². The number of ether oxygens (including phenoxy) is 3. The lowest BCUT2D eigenvalue weighted by atomic mass is 10.2. The van der Waals surface area contributed by atoms with Crippen LogP contribution in [-0.4, -0.2) is 33.0 Å². The van der Waals surface area contributed by atoms with E-state index in [1.807, 2.05) is 6.92 Å². The number of rotatable bonds is 5. The summed E-state index contributed by atoms with van der Waals surface area (Å²) in [5, 5.41) is 11.2. The molecule has 1 aromatic heterocycles. The maximum Gasteiger partial charge on any atom is 0.338 e. The highest BCUT2D eigenvalue weighted by atomic mass is 16.7. The first-order chi connectivity index (χ1) is 10.3. The molecule has 0 unspecified atom stereocenters. The average molecular weight is 290 g/mol. The molecule has 8 heteroatoms. The maximum atomic E-state index is 12.0. The first kappa shape index (κ1) is 13.3. The third-order valence-electron chi connectivity index (χ3n) is 2.98. The Morgan fingerprint density at radius 1 is 1.38 bits per heavy atom. The summed E-state index contributed by atoms with van der Waals surface area (Å²) < 4.78 is 17.3. The lowest BCUT2D eigenvalue weighted by Crippen LogP contribution is -2.11. The predicted octanol–water partition coefficient (Wildman–Crippen LogP) is 1.17. The summed E-state index contributed by atoms with van der Waals surface area (Å²) in [6.45, 7) is 2.90. The number of esters is 1. The second-order valence-electron chi connectivity index (χ2n) is 4.46. The minimum atomic E-state index is -0.459. The van der Waals surface area contributed by atoms with E-state index in [1.54, 1.807) is 22.9 Å². The van der Waals surface area contributed by atoms with E-state index < -0.39 is 5.97 Å². The maximum absolute atomic E-state index is 12.0. The number of fused-ring (bicyclic) bond motifs is 1. The van der Waals surface area contributed by atoms with Crippen molar-refractivity contribution >= 4 is 5.97 Å². The molecule has 0 amide bonds. The van der Waals surface area contributed by atoms with Gasteiger partial charge in [-0.2, -0.15) is 0 Å². The molecule has 0 bridgehead atoms. The van der Waals surface area contributed by atoms with E-state index in [0.717, 1.165) is 6.42 Å². The zero-order valence-electron chi connectivity index (χ0n) is 11.5. The zero-order chi connectivity index (χ0) is 14.7. The van der Waals surface area contributed by atoms with Crippen molar-refractivity contribution in [2.75, 3.05) is 6.79 Å². The molecule has 0 saturated heterocycles. The van der Waals surface area contributed by atoms with Crippen molar-refractivity contribution < 1.29 is 19.0 Å². The van der Waals surface area contributed by atoms with Crippen LogP contribution in [0.1, 0.15) is 29.5 Å². The van der Waals surface area contributed by atoms with E-state index in [4.69, 9.17) is 14.2 Å². The van der Waals surface area contributed by atoms with Crippen LogP contribution in [0.5, 0.6) is 11.5 Å². The number of aryl methyl sites for hydroxylation is 1. The molecule has 21 heavy (non-hydrogen) atoms. The Bertz CT molecular complexity index is 655. The molecule has 110 valence electrons. The molecule has 0 spiro atoms. The number of tetrazole rings is 1. The summed E-state index contributed by atoms with van der Waals surface area (Å²) in [7, 11) is 0. The van der Waals surface area contributed by atoms with Gasteiger partial charge in [-0.15, -0.1) is 5.10 Å². The molecule has 0 N–H and O–H groups in total. The quantitative estimate of drug-likeness (QED) is 0.763. The average Bonchev–Trinajstić information content (AvgIpc) is 3.13. The van der Waals surface area contributed by atoms with Gasteiger partial charge in [0.2, 0.25) is 6.79 Å². The van der Waals surface area contributed by atoms with Crippen LogP contribution in [0, 0.1) is 0 Å². The first-order valence-corrected chi connectivity index (χ1v) is 6.59. The van der Waals surface area contributed by atoms with Crippen molar-refractivity contribution in [2.45, 2.75) is 26.5 Å². The van der Waals surface area contributed by atoms with Gasteiger partial charge in [-0.05, 0) is 35.0 Å². The fraction of sp³-hybridized carbons (Fsp3) is 0.385. The van der Waals surface area contributed by atoms with E-state index in [0.29, 0.717) is 29.4 Å². The molecule has 2 aromatic rings. The normalized spacial score (nSPS) is 12.4. The Hall–Kier alpha value is -2.64. The van der Waals surface area contributed by atoms with E-state index in [-0.39, 0.29) is 13.4 Å². The second kappa shape index (κ2) is 5.78. The molecule has 3 rings (SSSR count). The SMILES string of the molecule is CCCn1nnnc1COC(=O)c1ccc2c(c1)OCO2. The van der Waals surface area contributed by atoms with Gasteiger partial charge < -0.3 is 14.2 Å². The monoisotopic (exact) mass is 290 g/mol. The number of carbonyl (C=O) groups is 1. The number of hydrogen-bond acceptors (Lipinski definition) is 7.